The lowest BCUT2D eigenvalue weighted by Gasteiger charge is -2.28. The first-order valence-electron chi connectivity index (χ1n) is 8.90. The lowest BCUT2D eigenvalue weighted by molar-refractivity contribution is 0.475. The van der Waals surface area contributed by atoms with Crippen LogP contribution in [0.5, 0.6) is 5.75 Å². The van der Waals surface area contributed by atoms with E-state index in [0.29, 0.717) is 0 Å². The van der Waals surface area contributed by atoms with Crippen molar-refractivity contribution < 1.29 is 5.11 Å². The molecule has 0 radical (unpaired) electrons. The van der Waals surface area contributed by atoms with Gasteiger partial charge in [-0.3, -0.25) is 4.98 Å². The number of phenolic OH excluding ortho intramolecular Hbond substituents is 1. The first kappa shape index (κ1) is 15.5. The topological polar surface area (TPSA) is 36.4 Å². The number of aromatic nitrogens is 1. The fourth-order valence-electron chi connectivity index (χ4n) is 4.03. The van der Waals surface area contributed by atoms with Crippen molar-refractivity contribution in [2.24, 2.45) is 0 Å². The quantitative estimate of drug-likeness (QED) is 0.670. The monoisotopic (exact) mass is 358 g/mol. The number of nitrogens with zero attached hydrogens (tertiary/aromatic N) is 2. The average molecular weight is 358 g/mol. The summed E-state index contributed by atoms with van der Waals surface area (Å²) >= 11 is 5.54. The molecule has 0 spiro atoms. The van der Waals surface area contributed by atoms with E-state index in [0.717, 1.165) is 47.5 Å². The third-order valence-electron chi connectivity index (χ3n) is 5.32. The molecule has 0 saturated heterocycles. The summed E-state index contributed by atoms with van der Waals surface area (Å²) in [5.41, 5.74) is 8.61. The Kier molecular flexibility index (Phi) is 3.54. The number of thiocarbonyl (C=S) groups is 1. The number of aromatic hydroxyl groups is 1. The molecule has 2 aliphatic heterocycles. The van der Waals surface area contributed by atoms with Crippen molar-refractivity contribution in [2.75, 3.05) is 11.4 Å². The van der Waals surface area contributed by atoms with Crippen molar-refractivity contribution in [3.63, 3.8) is 0 Å². The normalized spacial score (nSPS) is 15.2. The van der Waals surface area contributed by atoms with Gasteiger partial charge in [0.25, 0.3) is 0 Å². The van der Waals surface area contributed by atoms with E-state index >= 15 is 0 Å². The molecule has 0 fully saturated rings. The van der Waals surface area contributed by atoms with Crippen LogP contribution < -0.4 is 4.90 Å². The van der Waals surface area contributed by atoms with Gasteiger partial charge in [0.05, 0.1) is 4.99 Å². The molecule has 0 amide bonds. The Labute approximate surface area is 157 Å². The smallest absolute Gasteiger partial charge is 0.115 e. The van der Waals surface area contributed by atoms with Gasteiger partial charge in [-0.1, -0.05) is 24.4 Å². The molecule has 2 aromatic carbocycles. The number of hydrogen-bond acceptors (Lipinski definition) is 3. The second-order valence-corrected chi connectivity index (χ2v) is 7.42. The number of hydrogen-bond donors (Lipinski definition) is 1. The van der Waals surface area contributed by atoms with E-state index in [1.807, 2.05) is 24.5 Å². The van der Waals surface area contributed by atoms with E-state index in [1.165, 1.54) is 22.4 Å². The highest BCUT2D eigenvalue weighted by Crippen LogP contribution is 2.40. The number of benzene rings is 2. The number of aryl methyl sites for hydroxylation is 1. The lowest BCUT2D eigenvalue weighted by atomic mass is 9.93. The minimum atomic E-state index is 0.276. The van der Waals surface area contributed by atoms with Gasteiger partial charge in [-0.25, -0.2) is 0 Å². The Morgan fingerprint density at radius 3 is 2.27 bits per heavy atom. The van der Waals surface area contributed by atoms with Gasteiger partial charge in [0.2, 0.25) is 0 Å². The first-order chi connectivity index (χ1) is 12.7. The lowest BCUT2D eigenvalue weighted by Crippen LogP contribution is -2.31. The summed E-state index contributed by atoms with van der Waals surface area (Å²) in [6, 6.07) is 14.0. The van der Waals surface area contributed by atoms with E-state index in [4.69, 9.17) is 12.2 Å². The van der Waals surface area contributed by atoms with E-state index in [1.54, 1.807) is 12.1 Å². The molecule has 1 aromatic heterocycles. The summed E-state index contributed by atoms with van der Waals surface area (Å²) < 4.78 is 0. The summed E-state index contributed by atoms with van der Waals surface area (Å²) in [5, 5.41) is 9.50. The molecule has 3 heterocycles. The predicted molar refractivity (Wildman–Crippen MR) is 109 cm³/mol. The molecular formula is C22H18N2OS. The Morgan fingerprint density at radius 1 is 0.808 bits per heavy atom. The van der Waals surface area contributed by atoms with Crippen molar-refractivity contribution in [2.45, 2.75) is 19.3 Å². The minimum absolute atomic E-state index is 0.276. The fourth-order valence-corrected chi connectivity index (χ4v) is 4.32. The zero-order chi connectivity index (χ0) is 17.7. The van der Waals surface area contributed by atoms with Gasteiger partial charge in [0.1, 0.15) is 5.75 Å². The van der Waals surface area contributed by atoms with Crippen LogP contribution in [0.25, 0.3) is 22.3 Å². The van der Waals surface area contributed by atoms with Crippen LogP contribution in [0.2, 0.25) is 0 Å². The second kappa shape index (κ2) is 5.92. The number of rotatable bonds is 2. The molecule has 0 aliphatic carbocycles. The molecule has 128 valence electrons. The highest BCUT2D eigenvalue weighted by Gasteiger charge is 2.29. The van der Waals surface area contributed by atoms with Crippen LogP contribution in [0, 0.1) is 0 Å². The molecule has 0 atom stereocenters. The van der Waals surface area contributed by atoms with Crippen molar-refractivity contribution >= 4 is 22.9 Å². The van der Waals surface area contributed by atoms with Crippen molar-refractivity contribution in [1.82, 2.24) is 4.98 Å². The molecule has 0 bridgehead atoms. The van der Waals surface area contributed by atoms with Crippen LogP contribution in [-0.4, -0.2) is 21.6 Å². The molecule has 2 aliphatic rings. The van der Waals surface area contributed by atoms with Crippen LogP contribution in [0.4, 0.5) is 5.69 Å². The molecule has 0 unspecified atom stereocenters. The average Bonchev–Trinajstić information content (AvgIpc) is 3.11. The minimum Gasteiger partial charge on any atom is -0.508 e. The van der Waals surface area contributed by atoms with Gasteiger partial charge < -0.3 is 10.0 Å². The molecule has 3 nitrogen and oxygen atoms in total. The Bertz CT molecular complexity index is 1030. The van der Waals surface area contributed by atoms with Crippen molar-refractivity contribution in [1.29, 1.82) is 0 Å². The summed E-state index contributed by atoms with van der Waals surface area (Å²) in [4.78, 5) is 7.86. The Hall–Kier alpha value is -2.72. The van der Waals surface area contributed by atoms with E-state index in [-0.39, 0.29) is 5.75 Å². The maximum absolute atomic E-state index is 9.50. The van der Waals surface area contributed by atoms with Gasteiger partial charge in [0.15, 0.2) is 0 Å². The molecule has 1 N–H and O–H groups in total. The molecule has 0 saturated carbocycles. The molecule has 4 heteroatoms. The zero-order valence-electron chi connectivity index (χ0n) is 14.3. The fraction of sp³-hybridized carbons (Fsp3) is 0.182. The Balaban J connectivity index is 1.58. The van der Waals surface area contributed by atoms with E-state index in [9.17, 15) is 5.11 Å². The van der Waals surface area contributed by atoms with Gasteiger partial charge >= 0.3 is 0 Å². The first-order valence-corrected chi connectivity index (χ1v) is 9.31. The summed E-state index contributed by atoms with van der Waals surface area (Å²) in [7, 11) is 0. The molecule has 5 rings (SSSR count). The molecule has 26 heavy (non-hydrogen) atoms. The number of phenols is 1. The maximum Gasteiger partial charge on any atom is 0.115 e. The van der Waals surface area contributed by atoms with E-state index < -0.39 is 0 Å². The largest absolute Gasteiger partial charge is 0.508 e. The van der Waals surface area contributed by atoms with Crippen molar-refractivity contribution in [3.8, 4) is 28.0 Å². The predicted octanol–water partition coefficient (Wildman–Crippen LogP) is 4.76. The highest BCUT2D eigenvalue weighted by atomic mass is 32.1. The van der Waals surface area contributed by atoms with Crippen LogP contribution in [-0.2, 0) is 12.8 Å². The van der Waals surface area contributed by atoms with Gasteiger partial charge in [0, 0.05) is 42.2 Å². The van der Waals surface area contributed by atoms with Crippen molar-refractivity contribution in [3.05, 3.63) is 66.0 Å². The molecular weight excluding hydrogens is 340 g/mol. The number of anilines is 1. The van der Waals surface area contributed by atoms with Gasteiger partial charge in [-0.05, 0) is 65.4 Å². The summed E-state index contributed by atoms with van der Waals surface area (Å²) in [6.07, 6.45) is 6.85. The van der Waals surface area contributed by atoms with Crippen LogP contribution in [0.1, 0.15) is 17.5 Å². The maximum atomic E-state index is 9.50. The summed E-state index contributed by atoms with van der Waals surface area (Å²) in [5.74, 6) is 0.276. The molecule has 3 aromatic rings. The van der Waals surface area contributed by atoms with Crippen LogP contribution in [0.15, 0.2) is 54.9 Å². The number of pyridine rings is 1. The SMILES string of the molecule is Oc1ccc(-c2cncc(-c3cc4c5c(c3)CCN5C(=S)CC4)c2)cc1. The van der Waals surface area contributed by atoms with Gasteiger partial charge in [-0.2, -0.15) is 0 Å². The Morgan fingerprint density at radius 2 is 1.50 bits per heavy atom. The van der Waals surface area contributed by atoms with Crippen LogP contribution in [0.3, 0.4) is 0 Å². The third-order valence-corrected chi connectivity index (χ3v) is 5.75. The third kappa shape index (κ3) is 2.49. The zero-order valence-corrected chi connectivity index (χ0v) is 15.1. The highest BCUT2D eigenvalue weighted by molar-refractivity contribution is 7.80. The summed E-state index contributed by atoms with van der Waals surface area (Å²) in [6.45, 7) is 1.01. The van der Waals surface area contributed by atoms with Gasteiger partial charge in [-0.15, -0.1) is 0 Å². The standard InChI is InChI=1S/C22H18N2OS/c25-20-4-1-14(2-5-20)18-11-19(13-23-12-18)17-9-15-3-6-21(26)24-8-7-16(10-17)22(15)24/h1-2,4-5,9-13,25H,3,6-8H2. The second-order valence-electron chi connectivity index (χ2n) is 6.95. The van der Waals surface area contributed by atoms with E-state index in [2.05, 4.69) is 28.1 Å². The van der Waals surface area contributed by atoms with Crippen LogP contribution >= 0.6 is 12.2 Å².